The van der Waals surface area contributed by atoms with Crippen molar-refractivity contribution in [3.05, 3.63) is 51.8 Å². The van der Waals surface area contributed by atoms with Crippen molar-refractivity contribution in [3.63, 3.8) is 0 Å². The maximum Gasteiger partial charge on any atom is 0.270 e. The van der Waals surface area contributed by atoms with Gasteiger partial charge >= 0.3 is 0 Å². The van der Waals surface area contributed by atoms with Gasteiger partial charge in [0, 0.05) is 23.1 Å². The molecule has 0 amide bonds. The van der Waals surface area contributed by atoms with Gasteiger partial charge in [-0.2, -0.15) is 0 Å². The lowest BCUT2D eigenvalue weighted by Crippen LogP contribution is -1.99. The molecular weight excluding hydrogens is 374 g/mol. The Morgan fingerprint density at radius 3 is 2.17 bits per heavy atom. The van der Waals surface area contributed by atoms with E-state index >= 15 is 0 Å². The quantitative estimate of drug-likeness (QED) is 0.442. The zero-order chi connectivity index (χ0) is 21.1. The highest BCUT2D eigenvalue weighted by molar-refractivity contribution is 5.95. The first-order valence-electron chi connectivity index (χ1n) is 8.79. The Kier molecular flexibility index (Phi) is 5.63. The molecule has 0 radical (unpaired) electrons. The molecule has 0 fully saturated rings. The average Bonchev–Trinajstić information content (AvgIpc) is 2.71. The Bertz CT molecular complexity index is 1100. The number of hydrogen-bond donors (Lipinski definition) is 0. The highest BCUT2D eigenvalue weighted by atomic mass is 16.6. The van der Waals surface area contributed by atoms with Crippen molar-refractivity contribution >= 4 is 22.7 Å². The molecule has 2 aromatic carbocycles. The molecular formula is C21H21N3O5. The van der Waals surface area contributed by atoms with Crippen LogP contribution in [0.1, 0.15) is 19.7 Å². The first-order chi connectivity index (χ1) is 13.9. The van der Waals surface area contributed by atoms with Gasteiger partial charge in [-0.3, -0.25) is 10.1 Å². The topological polar surface area (TPSA) is 96.6 Å². The molecule has 0 N–H and O–H groups in total. The fourth-order valence-electron chi connectivity index (χ4n) is 3.01. The summed E-state index contributed by atoms with van der Waals surface area (Å²) >= 11 is 0. The zero-order valence-electron chi connectivity index (χ0n) is 16.8. The van der Waals surface area contributed by atoms with E-state index in [1.807, 2.05) is 19.9 Å². The van der Waals surface area contributed by atoms with Gasteiger partial charge in [-0.1, -0.05) is 5.57 Å². The summed E-state index contributed by atoms with van der Waals surface area (Å²) in [6, 6.07) is 8.04. The first-order valence-corrected chi connectivity index (χ1v) is 8.79. The van der Waals surface area contributed by atoms with Gasteiger partial charge in [-0.05, 0) is 38.1 Å². The molecule has 0 atom stereocenters. The van der Waals surface area contributed by atoms with Crippen molar-refractivity contribution in [2.24, 2.45) is 0 Å². The zero-order valence-corrected chi connectivity index (χ0v) is 16.8. The molecule has 8 heteroatoms. The number of ether oxygens (including phenoxy) is 3. The number of aromatic nitrogens is 2. The summed E-state index contributed by atoms with van der Waals surface area (Å²) in [5, 5.41) is 11.8. The van der Waals surface area contributed by atoms with Crippen LogP contribution in [0.5, 0.6) is 17.2 Å². The minimum absolute atomic E-state index is 0.0373. The van der Waals surface area contributed by atoms with E-state index in [0.29, 0.717) is 45.2 Å². The van der Waals surface area contributed by atoms with E-state index in [2.05, 4.69) is 9.97 Å². The van der Waals surface area contributed by atoms with Crippen LogP contribution in [0, 0.1) is 10.1 Å². The summed E-state index contributed by atoms with van der Waals surface area (Å²) in [7, 11) is 4.58. The van der Waals surface area contributed by atoms with Gasteiger partial charge in [0.15, 0.2) is 17.3 Å². The van der Waals surface area contributed by atoms with Gasteiger partial charge in [0.1, 0.15) is 0 Å². The Morgan fingerprint density at radius 2 is 1.66 bits per heavy atom. The number of fused-ring (bicyclic) bond motifs is 1. The summed E-state index contributed by atoms with van der Waals surface area (Å²) < 4.78 is 16.3. The molecule has 150 valence electrons. The second-order valence-corrected chi connectivity index (χ2v) is 6.52. The summed E-state index contributed by atoms with van der Waals surface area (Å²) in [6.45, 7) is 3.89. The largest absolute Gasteiger partial charge is 0.493 e. The Balaban J connectivity index is 2.38. The lowest BCUT2D eigenvalue weighted by molar-refractivity contribution is -0.384. The molecule has 8 nitrogen and oxygen atoms in total. The molecule has 0 aliphatic heterocycles. The van der Waals surface area contributed by atoms with E-state index in [9.17, 15) is 10.1 Å². The minimum atomic E-state index is -0.442. The van der Waals surface area contributed by atoms with Crippen molar-refractivity contribution in [2.75, 3.05) is 21.3 Å². The molecule has 1 heterocycles. The highest BCUT2D eigenvalue weighted by Gasteiger charge is 2.19. The van der Waals surface area contributed by atoms with Crippen LogP contribution in [0.2, 0.25) is 0 Å². The number of non-ortho nitro benzene ring substituents is 1. The summed E-state index contributed by atoms with van der Waals surface area (Å²) in [5.74, 6) is 1.88. The van der Waals surface area contributed by atoms with Crippen LogP contribution in [-0.4, -0.2) is 36.2 Å². The molecule has 0 saturated heterocycles. The second kappa shape index (κ2) is 8.14. The van der Waals surface area contributed by atoms with Crippen LogP contribution in [0.25, 0.3) is 28.2 Å². The van der Waals surface area contributed by atoms with Crippen molar-refractivity contribution in [2.45, 2.75) is 13.8 Å². The monoisotopic (exact) mass is 395 g/mol. The first kappa shape index (κ1) is 20.1. The Hall–Kier alpha value is -3.68. The van der Waals surface area contributed by atoms with Crippen LogP contribution >= 0.6 is 0 Å². The third kappa shape index (κ3) is 3.96. The van der Waals surface area contributed by atoms with Gasteiger partial charge in [0.2, 0.25) is 5.75 Å². The van der Waals surface area contributed by atoms with Crippen LogP contribution < -0.4 is 14.2 Å². The number of nitrogens with zero attached hydrogens (tertiary/aromatic N) is 3. The fraction of sp³-hybridized carbons (Fsp3) is 0.238. The number of methoxy groups -OCH3 is 3. The molecule has 0 aliphatic carbocycles. The summed E-state index contributed by atoms with van der Waals surface area (Å²) in [4.78, 5) is 20.0. The maximum absolute atomic E-state index is 11.3. The lowest BCUT2D eigenvalue weighted by atomic mass is 10.0. The highest BCUT2D eigenvalue weighted by Crippen LogP contribution is 2.42. The molecule has 3 rings (SSSR count). The molecule has 0 unspecified atom stereocenters. The Labute approximate surface area is 167 Å². The minimum Gasteiger partial charge on any atom is -0.493 e. The average molecular weight is 395 g/mol. The van der Waals surface area contributed by atoms with E-state index in [-0.39, 0.29) is 5.69 Å². The van der Waals surface area contributed by atoms with E-state index in [1.54, 1.807) is 18.2 Å². The smallest absolute Gasteiger partial charge is 0.270 e. The van der Waals surface area contributed by atoms with Gasteiger partial charge in [0.05, 0.1) is 37.5 Å². The third-order valence-electron chi connectivity index (χ3n) is 4.26. The molecule has 0 bridgehead atoms. The number of nitro benzene ring substituents is 1. The molecule has 0 saturated carbocycles. The van der Waals surface area contributed by atoms with Gasteiger partial charge in [0.25, 0.3) is 5.69 Å². The normalized spacial score (nSPS) is 10.5. The van der Waals surface area contributed by atoms with E-state index in [4.69, 9.17) is 14.2 Å². The fourth-order valence-corrected chi connectivity index (χ4v) is 3.01. The van der Waals surface area contributed by atoms with Crippen LogP contribution in [0.15, 0.2) is 35.9 Å². The van der Waals surface area contributed by atoms with Crippen molar-refractivity contribution < 1.29 is 19.1 Å². The number of rotatable bonds is 6. The Morgan fingerprint density at radius 1 is 1.00 bits per heavy atom. The predicted octanol–water partition coefficient (Wildman–Crippen LogP) is 4.65. The molecule has 1 aromatic heterocycles. The van der Waals surface area contributed by atoms with Gasteiger partial charge in [-0.15, -0.1) is 0 Å². The SMILES string of the molecule is COc1cc(-c2nc(C=C(C)C)nc3ccc([N+](=O)[O-])cc23)cc(OC)c1OC. The van der Waals surface area contributed by atoms with Crippen LogP contribution in [-0.2, 0) is 0 Å². The molecule has 3 aromatic rings. The predicted molar refractivity (Wildman–Crippen MR) is 111 cm³/mol. The lowest BCUT2D eigenvalue weighted by Gasteiger charge is -2.15. The number of allylic oxidation sites excluding steroid dienone is 1. The number of nitro groups is 1. The van der Waals surface area contributed by atoms with Crippen LogP contribution in [0.3, 0.4) is 0 Å². The van der Waals surface area contributed by atoms with Crippen LogP contribution in [0.4, 0.5) is 5.69 Å². The van der Waals surface area contributed by atoms with E-state index < -0.39 is 4.92 Å². The number of benzene rings is 2. The molecule has 0 aliphatic rings. The van der Waals surface area contributed by atoms with Crippen molar-refractivity contribution in [1.29, 1.82) is 0 Å². The third-order valence-corrected chi connectivity index (χ3v) is 4.26. The van der Waals surface area contributed by atoms with Gasteiger partial charge in [-0.25, -0.2) is 9.97 Å². The van der Waals surface area contributed by atoms with Gasteiger partial charge < -0.3 is 14.2 Å². The second-order valence-electron chi connectivity index (χ2n) is 6.52. The summed E-state index contributed by atoms with van der Waals surface area (Å²) in [5.41, 5.74) is 2.79. The molecule has 29 heavy (non-hydrogen) atoms. The maximum atomic E-state index is 11.3. The van der Waals surface area contributed by atoms with E-state index in [1.165, 1.54) is 33.5 Å². The molecule has 0 spiro atoms. The standard InChI is InChI=1S/C21H21N3O5/c1-12(2)8-19-22-16-7-6-14(24(25)26)11-15(16)20(23-19)13-9-17(27-3)21(29-5)18(10-13)28-4/h6-11H,1-5H3. The van der Waals surface area contributed by atoms with Crippen molar-refractivity contribution in [3.8, 4) is 28.5 Å². The number of hydrogen-bond acceptors (Lipinski definition) is 7. The van der Waals surface area contributed by atoms with E-state index in [0.717, 1.165) is 5.57 Å². The van der Waals surface area contributed by atoms with Crippen molar-refractivity contribution in [1.82, 2.24) is 9.97 Å². The summed E-state index contributed by atoms with van der Waals surface area (Å²) in [6.07, 6.45) is 1.85.